The third-order valence-corrected chi connectivity index (χ3v) is 2.32. The molecule has 1 unspecified atom stereocenters. The number of rotatable bonds is 3. The van der Waals surface area contributed by atoms with Crippen LogP contribution < -0.4 is 10.6 Å². The van der Waals surface area contributed by atoms with Crippen molar-refractivity contribution in [2.24, 2.45) is 0 Å². The zero-order valence-electron chi connectivity index (χ0n) is 6.60. The molecule has 1 heterocycles. The van der Waals surface area contributed by atoms with Crippen LogP contribution in [0.15, 0.2) is 0 Å². The smallest absolute Gasteiger partial charge is 0.220 e. The van der Waals surface area contributed by atoms with Crippen molar-refractivity contribution < 1.29 is 4.79 Å². The average molecular weight is 154 g/mol. The predicted molar refractivity (Wildman–Crippen MR) is 42.2 cm³/mol. The van der Waals surface area contributed by atoms with Crippen LogP contribution in [0.4, 0.5) is 0 Å². The second-order valence-corrected chi connectivity index (χ2v) is 3.49. The third kappa shape index (κ3) is 1.93. The lowest BCUT2D eigenvalue weighted by Gasteiger charge is -2.09. The fourth-order valence-corrected chi connectivity index (χ4v) is 1.43. The first kappa shape index (κ1) is 7.10. The molecular weight excluding hydrogens is 140 g/mol. The minimum Gasteiger partial charge on any atom is -0.352 e. The zero-order valence-corrected chi connectivity index (χ0v) is 6.60. The molecule has 2 N–H and O–H groups in total. The van der Waals surface area contributed by atoms with E-state index in [1.807, 2.05) is 0 Å². The maximum atomic E-state index is 10.8. The molecule has 1 saturated carbocycles. The summed E-state index contributed by atoms with van der Waals surface area (Å²) in [5.74, 6) is 0.215. The van der Waals surface area contributed by atoms with Crippen molar-refractivity contribution in [3.05, 3.63) is 0 Å². The van der Waals surface area contributed by atoms with Crippen molar-refractivity contribution in [1.82, 2.24) is 10.6 Å². The molecule has 62 valence electrons. The fourth-order valence-electron chi connectivity index (χ4n) is 1.43. The van der Waals surface area contributed by atoms with Gasteiger partial charge < -0.3 is 10.6 Å². The van der Waals surface area contributed by atoms with Gasteiger partial charge in [-0.15, -0.1) is 0 Å². The molecule has 11 heavy (non-hydrogen) atoms. The molecule has 1 aliphatic carbocycles. The van der Waals surface area contributed by atoms with Crippen LogP contribution in [0.3, 0.4) is 0 Å². The van der Waals surface area contributed by atoms with Crippen LogP contribution in [0.2, 0.25) is 0 Å². The molecule has 0 aromatic carbocycles. The molecule has 0 radical (unpaired) electrons. The van der Waals surface area contributed by atoms with Gasteiger partial charge in [0.2, 0.25) is 5.91 Å². The van der Waals surface area contributed by atoms with E-state index in [2.05, 4.69) is 10.6 Å². The number of carbonyl (C=O) groups excluding carboxylic acids is 1. The number of nitrogens with one attached hydrogen (secondary N) is 2. The monoisotopic (exact) mass is 154 g/mol. The highest BCUT2D eigenvalue weighted by Crippen LogP contribution is 2.18. The lowest BCUT2D eigenvalue weighted by atomic mass is 10.2. The lowest BCUT2D eigenvalue weighted by molar-refractivity contribution is -0.119. The predicted octanol–water partition coefficient (Wildman–Crippen LogP) is 0.0170. The van der Waals surface area contributed by atoms with Crippen molar-refractivity contribution in [2.75, 3.05) is 6.54 Å². The summed E-state index contributed by atoms with van der Waals surface area (Å²) in [6.45, 7) is 0.969. The van der Waals surface area contributed by atoms with Crippen molar-refractivity contribution >= 4 is 5.91 Å². The fraction of sp³-hybridized carbons (Fsp3) is 0.875. The molecule has 2 fully saturated rings. The Labute approximate surface area is 66.5 Å². The van der Waals surface area contributed by atoms with E-state index in [9.17, 15) is 4.79 Å². The van der Waals surface area contributed by atoms with Crippen molar-refractivity contribution in [1.29, 1.82) is 0 Å². The molecule has 1 aliphatic heterocycles. The van der Waals surface area contributed by atoms with Gasteiger partial charge in [0.25, 0.3) is 0 Å². The summed E-state index contributed by atoms with van der Waals surface area (Å²) in [5, 5.41) is 6.34. The third-order valence-electron chi connectivity index (χ3n) is 2.32. The Kier molecular flexibility index (Phi) is 1.82. The van der Waals surface area contributed by atoms with Gasteiger partial charge in [0.05, 0.1) is 0 Å². The molecule has 1 atom stereocenters. The molecule has 0 bridgehead atoms. The van der Waals surface area contributed by atoms with Gasteiger partial charge in [-0.05, 0) is 19.3 Å². The summed E-state index contributed by atoms with van der Waals surface area (Å²) in [4.78, 5) is 10.8. The summed E-state index contributed by atoms with van der Waals surface area (Å²) < 4.78 is 0. The van der Waals surface area contributed by atoms with E-state index in [0.29, 0.717) is 6.04 Å². The summed E-state index contributed by atoms with van der Waals surface area (Å²) in [6.07, 6.45) is 4.37. The van der Waals surface area contributed by atoms with Crippen LogP contribution in [-0.2, 0) is 4.79 Å². The molecule has 0 aromatic rings. The van der Waals surface area contributed by atoms with Gasteiger partial charge in [0, 0.05) is 25.0 Å². The number of hydrogen-bond donors (Lipinski definition) is 2. The first-order valence-electron chi connectivity index (χ1n) is 4.37. The van der Waals surface area contributed by atoms with E-state index in [1.165, 1.54) is 12.8 Å². The van der Waals surface area contributed by atoms with Crippen molar-refractivity contribution in [3.63, 3.8) is 0 Å². The minimum atomic E-state index is 0.215. The number of hydrogen-bond acceptors (Lipinski definition) is 2. The zero-order chi connectivity index (χ0) is 7.68. The van der Waals surface area contributed by atoms with Gasteiger partial charge in [-0.25, -0.2) is 0 Å². The number of carbonyl (C=O) groups is 1. The minimum absolute atomic E-state index is 0.215. The molecule has 0 spiro atoms. The van der Waals surface area contributed by atoms with Crippen LogP contribution in [0.25, 0.3) is 0 Å². The number of amides is 1. The normalized spacial score (nSPS) is 30.5. The van der Waals surface area contributed by atoms with Gasteiger partial charge in [-0.3, -0.25) is 4.79 Å². The first-order valence-corrected chi connectivity index (χ1v) is 4.37. The van der Waals surface area contributed by atoms with Crippen LogP contribution in [-0.4, -0.2) is 24.5 Å². The largest absolute Gasteiger partial charge is 0.352 e. The second-order valence-electron chi connectivity index (χ2n) is 3.49. The van der Waals surface area contributed by atoms with E-state index < -0.39 is 0 Å². The topological polar surface area (TPSA) is 41.1 Å². The van der Waals surface area contributed by atoms with Gasteiger partial charge >= 0.3 is 0 Å². The Morgan fingerprint density at radius 2 is 2.27 bits per heavy atom. The van der Waals surface area contributed by atoms with E-state index in [-0.39, 0.29) is 5.91 Å². The quantitative estimate of drug-likeness (QED) is 0.601. The maximum Gasteiger partial charge on any atom is 0.220 e. The maximum absolute atomic E-state index is 10.8. The molecule has 0 aromatic heterocycles. The second kappa shape index (κ2) is 2.81. The van der Waals surface area contributed by atoms with Gasteiger partial charge in [-0.2, -0.15) is 0 Å². The van der Waals surface area contributed by atoms with Crippen molar-refractivity contribution in [2.45, 2.75) is 37.8 Å². The Bertz CT molecular complexity index is 165. The first-order chi connectivity index (χ1) is 5.34. The highest BCUT2D eigenvalue weighted by molar-refractivity contribution is 5.78. The van der Waals surface area contributed by atoms with E-state index in [1.54, 1.807) is 0 Å². The van der Waals surface area contributed by atoms with E-state index in [0.717, 1.165) is 25.4 Å². The van der Waals surface area contributed by atoms with Gasteiger partial charge in [-0.1, -0.05) is 0 Å². The van der Waals surface area contributed by atoms with Gasteiger partial charge in [0.1, 0.15) is 0 Å². The molecule has 3 nitrogen and oxygen atoms in total. The highest BCUT2D eigenvalue weighted by atomic mass is 16.1. The van der Waals surface area contributed by atoms with E-state index >= 15 is 0 Å². The summed E-state index contributed by atoms with van der Waals surface area (Å²) in [5.41, 5.74) is 0. The van der Waals surface area contributed by atoms with Crippen LogP contribution in [0.1, 0.15) is 25.7 Å². The molecule has 1 saturated heterocycles. The molecule has 2 rings (SSSR count). The van der Waals surface area contributed by atoms with Crippen LogP contribution in [0, 0.1) is 0 Å². The van der Waals surface area contributed by atoms with Crippen LogP contribution >= 0.6 is 0 Å². The molecule has 3 heteroatoms. The summed E-state index contributed by atoms with van der Waals surface area (Å²) >= 11 is 0. The van der Waals surface area contributed by atoms with Crippen molar-refractivity contribution in [3.8, 4) is 0 Å². The Morgan fingerprint density at radius 1 is 1.45 bits per heavy atom. The summed E-state index contributed by atoms with van der Waals surface area (Å²) in [7, 11) is 0. The SMILES string of the molecule is O=C1CCC(CNC2CC2)N1. The summed E-state index contributed by atoms with van der Waals surface area (Å²) in [6, 6.07) is 1.16. The Morgan fingerprint density at radius 3 is 2.82 bits per heavy atom. The average Bonchev–Trinajstić information content (AvgIpc) is 2.72. The lowest BCUT2D eigenvalue weighted by Crippen LogP contribution is -2.36. The molecule has 2 aliphatic rings. The van der Waals surface area contributed by atoms with E-state index in [4.69, 9.17) is 0 Å². The molecular formula is C8H14N2O. The van der Waals surface area contributed by atoms with Crippen LogP contribution in [0.5, 0.6) is 0 Å². The standard InChI is InChI=1S/C8H14N2O/c11-8-4-3-7(10-8)5-9-6-1-2-6/h6-7,9H,1-5H2,(H,10,11). The van der Waals surface area contributed by atoms with Gasteiger partial charge in [0.15, 0.2) is 0 Å². The molecule has 1 amide bonds. The Balaban J connectivity index is 1.65. The highest BCUT2D eigenvalue weighted by Gasteiger charge is 2.25. The Hall–Kier alpha value is -0.570.